The van der Waals surface area contributed by atoms with Crippen molar-refractivity contribution in [2.45, 2.75) is 44.4 Å². The molecule has 3 aromatic rings. The minimum atomic E-state index is -3.76. The predicted molar refractivity (Wildman–Crippen MR) is 127 cm³/mol. The first-order valence-electron chi connectivity index (χ1n) is 10.7. The number of aryl methyl sites for hydroxylation is 3. The fourth-order valence-electron chi connectivity index (χ4n) is 3.50. The minimum absolute atomic E-state index is 0.0112. The molecule has 0 heterocycles. The summed E-state index contributed by atoms with van der Waals surface area (Å²) in [4.78, 5) is 25.2. The maximum atomic E-state index is 13.0. The molecule has 5 heteroatoms. The van der Waals surface area contributed by atoms with E-state index < -0.39 is 9.84 Å². The molecule has 0 saturated heterocycles. The molecule has 0 aliphatic heterocycles. The van der Waals surface area contributed by atoms with E-state index in [1.807, 2.05) is 62.4 Å². The van der Waals surface area contributed by atoms with Crippen molar-refractivity contribution in [3.05, 3.63) is 101 Å². The van der Waals surface area contributed by atoms with Crippen LogP contribution in [0, 0.1) is 13.8 Å². The summed E-state index contributed by atoms with van der Waals surface area (Å²) in [5.41, 5.74) is 4.35. The summed E-state index contributed by atoms with van der Waals surface area (Å²) in [7, 11) is -3.76. The number of carbonyl (C=O) groups excluding carboxylic acids is 2. The molecule has 32 heavy (non-hydrogen) atoms. The van der Waals surface area contributed by atoms with Crippen LogP contribution in [0.15, 0.2) is 77.7 Å². The van der Waals surface area contributed by atoms with Crippen LogP contribution in [0.5, 0.6) is 0 Å². The Morgan fingerprint density at radius 1 is 0.719 bits per heavy atom. The first kappa shape index (κ1) is 23.6. The van der Waals surface area contributed by atoms with Crippen LogP contribution in [0.25, 0.3) is 0 Å². The second-order valence-corrected chi connectivity index (χ2v) is 10.3. The van der Waals surface area contributed by atoms with E-state index in [0.29, 0.717) is 6.42 Å². The lowest BCUT2D eigenvalue weighted by Gasteiger charge is -2.10. The van der Waals surface area contributed by atoms with Gasteiger partial charge in [0.1, 0.15) is 5.78 Å². The van der Waals surface area contributed by atoms with Crippen LogP contribution < -0.4 is 0 Å². The average Bonchev–Trinajstić information content (AvgIpc) is 2.79. The zero-order valence-electron chi connectivity index (χ0n) is 18.5. The standard InChI is InChI=1S/C27H28O4S/c1-20-7-11-22(12-8-20)15-16-26(29)25-5-3-4-6-27(25)32(30,31)18-17-24(28)19-23-13-9-21(2)10-14-23/h3-14H,15-19H2,1-2H3. The van der Waals surface area contributed by atoms with Gasteiger partial charge in [-0.1, -0.05) is 77.9 Å². The van der Waals surface area contributed by atoms with Crippen LogP contribution in [0.2, 0.25) is 0 Å². The number of benzene rings is 3. The van der Waals surface area contributed by atoms with Crippen molar-refractivity contribution >= 4 is 21.4 Å². The van der Waals surface area contributed by atoms with Gasteiger partial charge in [-0.2, -0.15) is 0 Å². The van der Waals surface area contributed by atoms with Gasteiger partial charge >= 0.3 is 0 Å². The molecular weight excluding hydrogens is 420 g/mol. The Morgan fingerprint density at radius 2 is 1.28 bits per heavy atom. The summed E-state index contributed by atoms with van der Waals surface area (Å²) in [6, 6.07) is 21.8. The van der Waals surface area contributed by atoms with Gasteiger partial charge in [-0.3, -0.25) is 9.59 Å². The third-order valence-electron chi connectivity index (χ3n) is 5.46. The molecule has 0 N–H and O–H groups in total. The molecule has 0 aliphatic rings. The van der Waals surface area contributed by atoms with Gasteiger partial charge < -0.3 is 0 Å². The van der Waals surface area contributed by atoms with Gasteiger partial charge in [0.25, 0.3) is 0 Å². The van der Waals surface area contributed by atoms with E-state index in [9.17, 15) is 18.0 Å². The normalized spacial score (nSPS) is 11.3. The lowest BCUT2D eigenvalue weighted by molar-refractivity contribution is -0.118. The number of ketones is 2. The van der Waals surface area contributed by atoms with Crippen molar-refractivity contribution in [3.8, 4) is 0 Å². The topological polar surface area (TPSA) is 68.3 Å². The first-order valence-corrected chi connectivity index (χ1v) is 12.4. The fraction of sp³-hybridized carbons (Fsp3) is 0.259. The van der Waals surface area contributed by atoms with Crippen LogP contribution in [-0.4, -0.2) is 25.7 Å². The van der Waals surface area contributed by atoms with Crippen LogP contribution in [0.4, 0.5) is 0 Å². The molecule has 0 spiro atoms. The van der Waals surface area contributed by atoms with Crippen molar-refractivity contribution in [2.75, 3.05) is 5.75 Å². The van der Waals surface area contributed by atoms with Crippen LogP contribution in [0.3, 0.4) is 0 Å². The van der Waals surface area contributed by atoms with Gasteiger partial charge in [0.2, 0.25) is 0 Å². The third kappa shape index (κ3) is 6.47. The molecule has 3 rings (SSSR count). The summed E-state index contributed by atoms with van der Waals surface area (Å²) in [5.74, 6) is -0.656. The third-order valence-corrected chi connectivity index (χ3v) is 7.22. The molecule has 4 nitrogen and oxygen atoms in total. The molecule has 3 aromatic carbocycles. The number of sulfone groups is 1. The summed E-state index contributed by atoms with van der Waals surface area (Å²) >= 11 is 0. The second-order valence-electron chi connectivity index (χ2n) is 8.17. The molecule has 0 aromatic heterocycles. The minimum Gasteiger partial charge on any atom is -0.299 e. The highest BCUT2D eigenvalue weighted by atomic mass is 32.2. The molecule has 0 unspecified atom stereocenters. The Hall–Kier alpha value is -3.05. The lowest BCUT2D eigenvalue weighted by atomic mass is 10.0. The molecular formula is C27H28O4S. The van der Waals surface area contributed by atoms with E-state index in [2.05, 4.69) is 0 Å². The smallest absolute Gasteiger partial charge is 0.179 e. The Kier molecular flexibility index (Phi) is 7.75. The zero-order valence-corrected chi connectivity index (χ0v) is 19.3. The number of hydrogen-bond acceptors (Lipinski definition) is 4. The summed E-state index contributed by atoms with van der Waals surface area (Å²) in [6.45, 7) is 3.97. The fourth-order valence-corrected chi connectivity index (χ4v) is 5.01. The van der Waals surface area contributed by atoms with Gasteiger partial charge in [-0.05, 0) is 37.5 Å². The molecule has 0 saturated carbocycles. The molecule has 0 fully saturated rings. The highest BCUT2D eigenvalue weighted by Crippen LogP contribution is 2.21. The van der Waals surface area contributed by atoms with Gasteiger partial charge in [-0.15, -0.1) is 0 Å². The average molecular weight is 449 g/mol. The maximum absolute atomic E-state index is 13.0. The van der Waals surface area contributed by atoms with E-state index >= 15 is 0 Å². The summed E-state index contributed by atoms with van der Waals surface area (Å²) in [5, 5.41) is 0. The number of rotatable bonds is 10. The monoisotopic (exact) mass is 448 g/mol. The Bertz CT molecular complexity index is 1190. The predicted octanol–water partition coefficient (Wildman–Crippen LogP) is 5.09. The van der Waals surface area contributed by atoms with Gasteiger partial charge in [-0.25, -0.2) is 8.42 Å². The van der Waals surface area contributed by atoms with E-state index in [1.54, 1.807) is 18.2 Å². The van der Waals surface area contributed by atoms with Crippen molar-refractivity contribution in [3.63, 3.8) is 0 Å². The van der Waals surface area contributed by atoms with Gasteiger partial charge in [0, 0.05) is 24.8 Å². The lowest BCUT2D eigenvalue weighted by Crippen LogP contribution is -2.16. The summed E-state index contributed by atoms with van der Waals surface area (Å²) in [6.07, 6.45) is 0.888. The van der Waals surface area contributed by atoms with Gasteiger partial charge in [0.15, 0.2) is 15.6 Å². The van der Waals surface area contributed by atoms with Crippen LogP contribution in [-0.2, 0) is 27.5 Å². The highest BCUT2D eigenvalue weighted by molar-refractivity contribution is 7.91. The van der Waals surface area contributed by atoms with Crippen molar-refractivity contribution < 1.29 is 18.0 Å². The van der Waals surface area contributed by atoms with Crippen LogP contribution in [0.1, 0.15) is 45.5 Å². The Balaban J connectivity index is 1.65. The van der Waals surface area contributed by atoms with E-state index in [4.69, 9.17) is 0 Å². The van der Waals surface area contributed by atoms with Crippen molar-refractivity contribution in [1.82, 2.24) is 0 Å². The Morgan fingerprint density at radius 3 is 1.91 bits per heavy atom. The largest absolute Gasteiger partial charge is 0.299 e. The van der Waals surface area contributed by atoms with E-state index in [0.717, 1.165) is 22.3 Å². The molecule has 0 bridgehead atoms. The highest BCUT2D eigenvalue weighted by Gasteiger charge is 2.23. The quantitative estimate of drug-likeness (QED) is 0.405. The molecule has 166 valence electrons. The molecule has 0 aliphatic carbocycles. The maximum Gasteiger partial charge on any atom is 0.179 e. The van der Waals surface area contributed by atoms with Crippen LogP contribution >= 0.6 is 0 Å². The Labute approximate surface area is 190 Å². The second kappa shape index (κ2) is 10.5. The number of Topliss-reactive ketones (excluding diaryl/α,β-unsaturated/α-hetero) is 2. The zero-order chi connectivity index (χ0) is 23.1. The molecule has 0 radical (unpaired) electrons. The van der Waals surface area contributed by atoms with Crippen molar-refractivity contribution in [2.24, 2.45) is 0 Å². The number of carbonyl (C=O) groups is 2. The van der Waals surface area contributed by atoms with Crippen molar-refractivity contribution in [1.29, 1.82) is 0 Å². The SMILES string of the molecule is Cc1ccc(CCC(=O)c2ccccc2S(=O)(=O)CCC(=O)Cc2ccc(C)cc2)cc1. The summed E-state index contributed by atoms with van der Waals surface area (Å²) < 4.78 is 25.9. The van der Waals surface area contributed by atoms with E-state index in [-0.39, 0.29) is 47.0 Å². The first-order chi connectivity index (χ1) is 15.2. The van der Waals surface area contributed by atoms with E-state index in [1.165, 1.54) is 6.07 Å². The molecule has 0 atom stereocenters. The molecule has 0 amide bonds. The van der Waals surface area contributed by atoms with Gasteiger partial charge in [0.05, 0.1) is 10.6 Å². The number of hydrogen-bond donors (Lipinski definition) is 0.